The SMILES string of the molecule is O=C(O)Cc1ccc2ccccc2c1F. The highest BCUT2D eigenvalue weighted by Crippen LogP contribution is 2.21. The number of carboxylic acids is 1. The second-order valence-corrected chi connectivity index (χ2v) is 3.33. The van der Waals surface area contributed by atoms with Gasteiger partial charge in [-0.05, 0) is 10.9 Å². The van der Waals surface area contributed by atoms with Crippen LogP contribution in [0.4, 0.5) is 4.39 Å². The summed E-state index contributed by atoms with van der Waals surface area (Å²) in [7, 11) is 0. The van der Waals surface area contributed by atoms with E-state index in [1.807, 2.05) is 6.07 Å². The first-order chi connectivity index (χ1) is 7.18. The van der Waals surface area contributed by atoms with Crippen molar-refractivity contribution in [2.45, 2.75) is 6.42 Å². The topological polar surface area (TPSA) is 37.3 Å². The van der Waals surface area contributed by atoms with E-state index in [0.717, 1.165) is 5.39 Å². The van der Waals surface area contributed by atoms with Crippen LogP contribution in [0.5, 0.6) is 0 Å². The Bertz CT molecular complexity index is 520. The van der Waals surface area contributed by atoms with Crippen LogP contribution in [0, 0.1) is 5.82 Å². The molecule has 0 bridgehead atoms. The van der Waals surface area contributed by atoms with Crippen molar-refractivity contribution in [3.63, 3.8) is 0 Å². The van der Waals surface area contributed by atoms with Crippen LogP contribution in [-0.4, -0.2) is 11.1 Å². The molecule has 2 rings (SSSR count). The Morgan fingerprint density at radius 3 is 2.67 bits per heavy atom. The van der Waals surface area contributed by atoms with Gasteiger partial charge in [0.25, 0.3) is 0 Å². The lowest BCUT2D eigenvalue weighted by Gasteiger charge is -2.03. The highest BCUT2D eigenvalue weighted by molar-refractivity contribution is 5.85. The predicted octanol–water partition coefficient (Wildman–Crippen LogP) is 2.61. The molecule has 0 aromatic heterocycles. The second kappa shape index (κ2) is 3.69. The zero-order valence-electron chi connectivity index (χ0n) is 7.90. The number of hydrogen-bond donors (Lipinski definition) is 1. The zero-order valence-corrected chi connectivity index (χ0v) is 7.90. The summed E-state index contributed by atoms with van der Waals surface area (Å²) < 4.78 is 13.8. The molecule has 76 valence electrons. The summed E-state index contributed by atoms with van der Waals surface area (Å²) in [5, 5.41) is 9.85. The van der Waals surface area contributed by atoms with Gasteiger partial charge in [-0.25, -0.2) is 4.39 Å². The highest BCUT2D eigenvalue weighted by Gasteiger charge is 2.09. The molecule has 0 radical (unpaired) electrons. The number of carbonyl (C=O) groups is 1. The van der Waals surface area contributed by atoms with Gasteiger partial charge in [-0.2, -0.15) is 0 Å². The average molecular weight is 204 g/mol. The molecule has 3 heteroatoms. The highest BCUT2D eigenvalue weighted by atomic mass is 19.1. The summed E-state index contributed by atoms with van der Waals surface area (Å²) in [6, 6.07) is 10.2. The molecular weight excluding hydrogens is 195 g/mol. The summed E-state index contributed by atoms with van der Waals surface area (Å²) in [5.41, 5.74) is 0.223. The van der Waals surface area contributed by atoms with E-state index in [9.17, 15) is 9.18 Å². The molecule has 0 saturated heterocycles. The monoisotopic (exact) mass is 204 g/mol. The normalized spacial score (nSPS) is 10.5. The third kappa shape index (κ3) is 1.81. The summed E-state index contributed by atoms with van der Waals surface area (Å²) in [4.78, 5) is 10.5. The van der Waals surface area contributed by atoms with Gasteiger partial charge in [-0.15, -0.1) is 0 Å². The average Bonchev–Trinajstić information content (AvgIpc) is 2.22. The molecule has 0 unspecified atom stereocenters. The number of aliphatic carboxylic acids is 1. The third-order valence-corrected chi connectivity index (χ3v) is 2.28. The van der Waals surface area contributed by atoms with Crippen LogP contribution >= 0.6 is 0 Å². The maximum Gasteiger partial charge on any atom is 0.307 e. The van der Waals surface area contributed by atoms with Crippen molar-refractivity contribution in [2.24, 2.45) is 0 Å². The van der Waals surface area contributed by atoms with Crippen molar-refractivity contribution in [3.8, 4) is 0 Å². The molecule has 0 amide bonds. The summed E-state index contributed by atoms with van der Waals surface area (Å²) in [6.07, 6.45) is -0.281. The largest absolute Gasteiger partial charge is 0.481 e. The van der Waals surface area contributed by atoms with Gasteiger partial charge in [0.15, 0.2) is 0 Å². The molecular formula is C12H9FO2. The Kier molecular flexibility index (Phi) is 2.37. The van der Waals surface area contributed by atoms with Crippen LogP contribution in [0.25, 0.3) is 10.8 Å². The van der Waals surface area contributed by atoms with Crippen molar-refractivity contribution in [1.29, 1.82) is 0 Å². The van der Waals surface area contributed by atoms with Gasteiger partial charge in [0.2, 0.25) is 0 Å². The van der Waals surface area contributed by atoms with E-state index in [-0.39, 0.29) is 12.0 Å². The number of fused-ring (bicyclic) bond motifs is 1. The van der Waals surface area contributed by atoms with Gasteiger partial charge in [0.05, 0.1) is 6.42 Å². The van der Waals surface area contributed by atoms with Crippen molar-refractivity contribution in [2.75, 3.05) is 0 Å². The van der Waals surface area contributed by atoms with Gasteiger partial charge in [-0.1, -0.05) is 36.4 Å². The van der Waals surface area contributed by atoms with Gasteiger partial charge in [0, 0.05) is 5.39 Å². The Morgan fingerprint density at radius 2 is 1.93 bits per heavy atom. The van der Waals surface area contributed by atoms with Crippen molar-refractivity contribution >= 4 is 16.7 Å². The molecule has 2 nitrogen and oxygen atoms in total. The van der Waals surface area contributed by atoms with Crippen molar-refractivity contribution < 1.29 is 14.3 Å². The molecule has 0 spiro atoms. The number of hydrogen-bond acceptors (Lipinski definition) is 1. The minimum absolute atomic E-state index is 0.223. The first kappa shape index (κ1) is 9.65. The standard InChI is InChI=1S/C12H9FO2/c13-12-9(7-11(14)15)6-5-8-3-1-2-4-10(8)12/h1-6H,7H2,(H,14,15). The molecule has 0 aliphatic carbocycles. The second-order valence-electron chi connectivity index (χ2n) is 3.33. The molecule has 0 aliphatic rings. The van der Waals surface area contributed by atoms with E-state index in [1.54, 1.807) is 24.3 Å². The molecule has 1 N–H and O–H groups in total. The first-order valence-electron chi connectivity index (χ1n) is 4.56. The van der Waals surface area contributed by atoms with E-state index in [0.29, 0.717) is 5.39 Å². The quantitative estimate of drug-likeness (QED) is 0.816. The Labute approximate surface area is 86.0 Å². The maximum atomic E-state index is 13.8. The molecule has 0 heterocycles. The lowest BCUT2D eigenvalue weighted by Crippen LogP contribution is -2.02. The smallest absolute Gasteiger partial charge is 0.307 e. The van der Waals surface area contributed by atoms with Crippen LogP contribution in [-0.2, 0) is 11.2 Å². The van der Waals surface area contributed by atoms with E-state index in [2.05, 4.69) is 0 Å². The molecule has 2 aromatic rings. The van der Waals surface area contributed by atoms with Gasteiger partial charge in [-0.3, -0.25) is 4.79 Å². The number of halogens is 1. The van der Waals surface area contributed by atoms with E-state index >= 15 is 0 Å². The van der Waals surface area contributed by atoms with E-state index < -0.39 is 11.8 Å². The predicted molar refractivity (Wildman–Crippen MR) is 55.2 cm³/mol. The molecule has 15 heavy (non-hydrogen) atoms. The summed E-state index contributed by atoms with van der Waals surface area (Å²) >= 11 is 0. The first-order valence-corrected chi connectivity index (χ1v) is 4.56. The van der Waals surface area contributed by atoms with E-state index in [4.69, 9.17) is 5.11 Å². The van der Waals surface area contributed by atoms with Crippen molar-refractivity contribution in [1.82, 2.24) is 0 Å². The minimum atomic E-state index is -1.02. The third-order valence-electron chi connectivity index (χ3n) is 2.28. The van der Waals surface area contributed by atoms with Crippen LogP contribution in [0.15, 0.2) is 36.4 Å². The number of benzene rings is 2. The van der Waals surface area contributed by atoms with Crippen LogP contribution in [0.3, 0.4) is 0 Å². The van der Waals surface area contributed by atoms with Gasteiger partial charge in [0.1, 0.15) is 5.82 Å². The summed E-state index contributed by atoms with van der Waals surface area (Å²) in [6.45, 7) is 0. The molecule has 0 saturated carbocycles. The molecule has 2 aromatic carbocycles. The lowest BCUT2D eigenvalue weighted by molar-refractivity contribution is -0.136. The number of carboxylic acid groups (broad SMARTS) is 1. The fourth-order valence-electron chi connectivity index (χ4n) is 1.58. The van der Waals surface area contributed by atoms with Crippen molar-refractivity contribution in [3.05, 3.63) is 47.8 Å². The fourth-order valence-corrected chi connectivity index (χ4v) is 1.58. The number of rotatable bonds is 2. The Hall–Kier alpha value is -1.90. The lowest BCUT2D eigenvalue weighted by atomic mass is 10.0. The molecule has 0 atom stereocenters. The van der Waals surface area contributed by atoms with Crippen LogP contribution in [0.2, 0.25) is 0 Å². The zero-order chi connectivity index (χ0) is 10.8. The molecule has 0 aliphatic heterocycles. The maximum absolute atomic E-state index is 13.8. The minimum Gasteiger partial charge on any atom is -0.481 e. The van der Waals surface area contributed by atoms with Gasteiger partial charge < -0.3 is 5.11 Å². The fraction of sp³-hybridized carbons (Fsp3) is 0.0833. The van der Waals surface area contributed by atoms with Gasteiger partial charge >= 0.3 is 5.97 Å². The van der Waals surface area contributed by atoms with Crippen LogP contribution < -0.4 is 0 Å². The van der Waals surface area contributed by atoms with E-state index in [1.165, 1.54) is 6.07 Å². The molecule has 0 fully saturated rings. The summed E-state index contributed by atoms with van der Waals surface area (Å²) in [5.74, 6) is -1.46. The Morgan fingerprint density at radius 1 is 1.20 bits per heavy atom. The van der Waals surface area contributed by atoms with Crippen LogP contribution in [0.1, 0.15) is 5.56 Å². The Balaban J connectivity index is 2.59.